The van der Waals surface area contributed by atoms with Crippen molar-refractivity contribution >= 4 is 34.4 Å². The van der Waals surface area contributed by atoms with Crippen LogP contribution in [-0.4, -0.2) is 75.8 Å². The molecular formula is C23H28FN5O4. The molecule has 1 saturated heterocycles. The molecular weight excluding hydrogens is 429 g/mol. The molecule has 0 radical (unpaired) electrons. The van der Waals surface area contributed by atoms with E-state index in [0.717, 1.165) is 16.9 Å². The van der Waals surface area contributed by atoms with Gasteiger partial charge in [0.1, 0.15) is 17.5 Å². The van der Waals surface area contributed by atoms with Crippen LogP contribution in [0.1, 0.15) is 20.8 Å². The highest BCUT2D eigenvalue weighted by atomic mass is 19.1. The highest BCUT2D eigenvalue weighted by molar-refractivity contribution is 5.87. The van der Waals surface area contributed by atoms with Gasteiger partial charge < -0.3 is 29.4 Å². The zero-order chi connectivity index (χ0) is 23.8. The van der Waals surface area contributed by atoms with Crippen molar-refractivity contribution in [1.29, 1.82) is 0 Å². The van der Waals surface area contributed by atoms with E-state index in [1.54, 1.807) is 31.7 Å². The van der Waals surface area contributed by atoms with E-state index in [9.17, 15) is 19.1 Å². The molecule has 1 aromatic carbocycles. The number of nitrogens with zero attached hydrogens (tertiary/aromatic N) is 4. The van der Waals surface area contributed by atoms with Crippen LogP contribution < -0.4 is 10.2 Å². The minimum atomic E-state index is -1.08. The second-order valence-corrected chi connectivity index (χ2v) is 9.03. The monoisotopic (exact) mass is 457 g/mol. The number of benzene rings is 1. The largest absolute Gasteiger partial charge is 0.444 e. The van der Waals surface area contributed by atoms with Crippen molar-refractivity contribution in [1.82, 2.24) is 19.6 Å². The second-order valence-electron chi connectivity index (χ2n) is 9.03. The number of fused-ring (bicyclic) bond motifs is 3. The molecule has 0 bridgehead atoms. The summed E-state index contributed by atoms with van der Waals surface area (Å²) in [6, 6.07) is 7.32. The Morgan fingerprint density at radius 1 is 1.18 bits per heavy atom. The van der Waals surface area contributed by atoms with Crippen LogP contribution in [0.3, 0.4) is 0 Å². The number of carbonyl (C=O) groups is 2. The average molecular weight is 458 g/mol. The van der Waals surface area contributed by atoms with Crippen LogP contribution in [0.5, 0.6) is 0 Å². The lowest BCUT2D eigenvalue weighted by atomic mass is 10.2. The zero-order valence-corrected chi connectivity index (χ0v) is 18.9. The van der Waals surface area contributed by atoms with E-state index in [4.69, 9.17) is 9.72 Å². The standard InChI is InChI=1S/C23H28FN5O4/c1-23(2,3)33-22(32)26-17(14-30)21(31)28-11-9-27(10-12-28)20-19-5-4-8-29(19)18-7-6-15(24)13-16(18)25-20/h4-8,13,17,30H,9-12,14H2,1-3H3,(H,26,32)/t17-/m0/s1. The molecule has 0 spiro atoms. The first-order chi connectivity index (χ1) is 15.7. The van der Waals surface area contributed by atoms with E-state index in [1.807, 2.05) is 22.7 Å². The molecule has 9 nitrogen and oxygen atoms in total. The van der Waals surface area contributed by atoms with Gasteiger partial charge in [0.05, 0.1) is 23.2 Å². The van der Waals surface area contributed by atoms with Gasteiger partial charge in [0.25, 0.3) is 0 Å². The Bertz CT molecular complexity index is 1180. The molecule has 2 amide bonds. The predicted octanol–water partition coefficient (Wildman–Crippen LogP) is 2.16. The first kappa shape index (κ1) is 22.8. The fourth-order valence-corrected chi connectivity index (χ4v) is 3.96. The van der Waals surface area contributed by atoms with Crippen LogP contribution in [0.15, 0.2) is 36.5 Å². The normalized spacial score (nSPS) is 15.7. The van der Waals surface area contributed by atoms with Crippen LogP contribution in [0.4, 0.5) is 15.0 Å². The maximum atomic E-state index is 13.8. The molecule has 1 fully saturated rings. The first-order valence-corrected chi connectivity index (χ1v) is 10.9. The van der Waals surface area contributed by atoms with E-state index in [1.165, 1.54) is 12.1 Å². The minimum absolute atomic E-state index is 0.351. The summed E-state index contributed by atoms with van der Waals surface area (Å²) in [5, 5.41) is 12.1. The number of amides is 2. The van der Waals surface area contributed by atoms with Crippen LogP contribution >= 0.6 is 0 Å². The number of hydrogen-bond donors (Lipinski definition) is 2. The number of carbonyl (C=O) groups excluding carboxylic acids is 2. The van der Waals surface area contributed by atoms with Crippen molar-refractivity contribution in [2.24, 2.45) is 0 Å². The Morgan fingerprint density at radius 2 is 1.91 bits per heavy atom. The Morgan fingerprint density at radius 3 is 2.58 bits per heavy atom. The summed E-state index contributed by atoms with van der Waals surface area (Å²) < 4.78 is 21.0. The molecule has 3 aromatic rings. The van der Waals surface area contributed by atoms with Gasteiger partial charge in [-0.25, -0.2) is 14.2 Å². The molecule has 4 rings (SSSR count). The number of aromatic nitrogens is 2. The summed E-state index contributed by atoms with van der Waals surface area (Å²) in [5.41, 5.74) is 1.55. The number of aliphatic hydroxyl groups excluding tert-OH is 1. The summed E-state index contributed by atoms with van der Waals surface area (Å²) >= 11 is 0. The van der Waals surface area contributed by atoms with Crippen LogP contribution in [0.2, 0.25) is 0 Å². The van der Waals surface area contributed by atoms with E-state index in [-0.39, 0.29) is 11.7 Å². The van der Waals surface area contributed by atoms with Gasteiger partial charge in [0.15, 0.2) is 5.82 Å². The predicted molar refractivity (Wildman–Crippen MR) is 122 cm³/mol. The molecule has 1 aliphatic rings. The Balaban J connectivity index is 1.47. The van der Waals surface area contributed by atoms with Gasteiger partial charge in [0.2, 0.25) is 5.91 Å². The SMILES string of the molecule is CC(C)(C)OC(=O)N[C@@H](CO)C(=O)N1CCN(c2nc3cc(F)ccc3n3cccc23)CC1. The molecule has 176 valence electrons. The van der Waals surface area contributed by atoms with Gasteiger partial charge in [-0.2, -0.15) is 0 Å². The molecule has 1 atom stereocenters. The highest BCUT2D eigenvalue weighted by Crippen LogP contribution is 2.26. The van der Waals surface area contributed by atoms with Gasteiger partial charge in [0, 0.05) is 38.4 Å². The third-order valence-electron chi connectivity index (χ3n) is 5.46. The Labute approximate surface area is 190 Å². The first-order valence-electron chi connectivity index (χ1n) is 10.9. The van der Waals surface area contributed by atoms with Crippen molar-refractivity contribution < 1.29 is 23.8 Å². The van der Waals surface area contributed by atoms with Crippen molar-refractivity contribution in [3.63, 3.8) is 0 Å². The number of piperazine rings is 1. The number of hydrogen-bond acceptors (Lipinski definition) is 6. The number of anilines is 1. The average Bonchev–Trinajstić information content (AvgIpc) is 3.25. The summed E-state index contributed by atoms with van der Waals surface area (Å²) in [7, 11) is 0. The third-order valence-corrected chi connectivity index (χ3v) is 5.46. The summed E-state index contributed by atoms with van der Waals surface area (Å²) in [6.45, 7) is 6.43. The molecule has 0 unspecified atom stereocenters. The van der Waals surface area contributed by atoms with Crippen molar-refractivity contribution in [3.8, 4) is 0 Å². The van der Waals surface area contributed by atoms with E-state index in [2.05, 4.69) is 10.2 Å². The quantitative estimate of drug-likeness (QED) is 0.623. The molecule has 0 saturated carbocycles. The minimum Gasteiger partial charge on any atom is -0.444 e. The number of halogens is 1. The van der Waals surface area contributed by atoms with Crippen molar-refractivity contribution in [2.75, 3.05) is 37.7 Å². The Kier molecular flexibility index (Phi) is 6.11. The fourth-order valence-electron chi connectivity index (χ4n) is 3.96. The molecule has 1 aliphatic heterocycles. The van der Waals surface area contributed by atoms with Gasteiger partial charge in [-0.15, -0.1) is 0 Å². The van der Waals surface area contributed by atoms with Gasteiger partial charge in [-0.05, 0) is 45.0 Å². The second kappa shape index (κ2) is 8.86. The van der Waals surface area contributed by atoms with Crippen molar-refractivity contribution in [2.45, 2.75) is 32.4 Å². The molecule has 33 heavy (non-hydrogen) atoms. The van der Waals surface area contributed by atoms with E-state index in [0.29, 0.717) is 31.7 Å². The lowest BCUT2D eigenvalue weighted by Gasteiger charge is -2.37. The molecule has 2 aromatic heterocycles. The molecule has 0 aliphatic carbocycles. The zero-order valence-electron chi connectivity index (χ0n) is 18.9. The van der Waals surface area contributed by atoms with Crippen LogP contribution in [0, 0.1) is 5.82 Å². The molecule has 2 N–H and O–H groups in total. The maximum absolute atomic E-state index is 13.8. The smallest absolute Gasteiger partial charge is 0.408 e. The van der Waals surface area contributed by atoms with E-state index >= 15 is 0 Å². The van der Waals surface area contributed by atoms with Crippen LogP contribution in [0.25, 0.3) is 16.6 Å². The van der Waals surface area contributed by atoms with Crippen molar-refractivity contribution in [3.05, 3.63) is 42.3 Å². The number of ether oxygens (including phenoxy) is 1. The third kappa shape index (κ3) is 4.85. The van der Waals surface area contributed by atoms with Gasteiger partial charge in [-0.1, -0.05) is 0 Å². The Hall–Kier alpha value is -3.40. The van der Waals surface area contributed by atoms with Crippen LogP contribution in [-0.2, 0) is 9.53 Å². The lowest BCUT2D eigenvalue weighted by molar-refractivity contribution is -0.134. The summed E-state index contributed by atoms with van der Waals surface area (Å²) in [5.74, 6) is -0.00410. The molecule has 3 heterocycles. The van der Waals surface area contributed by atoms with Gasteiger partial charge >= 0.3 is 6.09 Å². The number of nitrogens with one attached hydrogen (secondary N) is 1. The fraction of sp³-hybridized carbons (Fsp3) is 0.435. The summed E-state index contributed by atoms with van der Waals surface area (Å²) in [6.07, 6.45) is 1.16. The highest BCUT2D eigenvalue weighted by Gasteiger charge is 2.30. The number of aliphatic hydroxyl groups is 1. The van der Waals surface area contributed by atoms with E-state index < -0.39 is 24.3 Å². The molecule has 10 heteroatoms. The lowest BCUT2D eigenvalue weighted by Crippen LogP contribution is -2.56. The van der Waals surface area contributed by atoms with Gasteiger partial charge in [-0.3, -0.25) is 4.79 Å². The number of alkyl carbamates (subject to hydrolysis) is 1. The number of rotatable bonds is 4. The topological polar surface area (TPSA) is 99.4 Å². The maximum Gasteiger partial charge on any atom is 0.408 e. The summed E-state index contributed by atoms with van der Waals surface area (Å²) in [4.78, 5) is 33.3.